The van der Waals surface area contributed by atoms with Gasteiger partial charge in [-0.25, -0.2) is 0 Å². The number of nitriles is 1. The number of rotatable bonds is 2. The van der Waals surface area contributed by atoms with Crippen LogP contribution in [0.3, 0.4) is 0 Å². The zero-order valence-electron chi connectivity index (χ0n) is 7.96. The lowest BCUT2D eigenvalue weighted by atomic mass is 10.0. The summed E-state index contributed by atoms with van der Waals surface area (Å²) in [5.74, 6) is 0.335. The van der Waals surface area contributed by atoms with Crippen LogP contribution in [0, 0.1) is 18.3 Å². The molecule has 68 valence electrons. The smallest absolute Gasteiger partial charge is 0.119 e. The van der Waals surface area contributed by atoms with Crippen LogP contribution < -0.4 is 0 Å². The molecule has 2 nitrogen and oxygen atoms in total. The molecular weight excluding hydrogens is 162 g/mol. The zero-order chi connectivity index (χ0) is 9.84. The van der Waals surface area contributed by atoms with Crippen molar-refractivity contribution >= 4 is 0 Å². The molecule has 0 aliphatic rings. The fraction of sp³-hybridized carbons (Fsp3) is 0.364. The highest BCUT2D eigenvalue weighted by atomic mass is 16.3. The average molecular weight is 175 g/mol. The third kappa shape index (κ3) is 2.00. The van der Waals surface area contributed by atoms with E-state index >= 15 is 0 Å². The van der Waals surface area contributed by atoms with E-state index in [0.717, 1.165) is 23.1 Å². The molecule has 0 aromatic heterocycles. The first-order chi connectivity index (χ1) is 6.19. The fourth-order valence-corrected chi connectivity index (χ4v) is 1.35. The molecule has 0 fully saturated rings. The van der Waals surface area contributed by atoms with E-state index in [1.165, 1.54) is 0 Å². The van der Waals surface area contributed by atoms with E-state index in [-0.39, 0.29) is 0 Å². The Bertz CT molecular complexity index is 350. The monoisotopic (exact) mass is 175 g/mol. The summed E-state index contributed by atoms with van der Waals surface area (Å²) in [6.07, 6.45) is 1.21. The summed E-state index contributed by atoms with van der Waals surface area (Å²) >= 11 is 0. The van der Waals surface area contributed by atoms with E-state index < -0.39 is 0 Å². The quantitative estimate of drug-likeness (QED) is 0.749. The second-order valence-electron chi connectivity index (χ2n) is 3.10. The molecule has 0 unspecified atom stereocenters. The number of benzene rings is 1. The first kappa shape index (κ1) is 9.60. The number of phenolic OH excluding ortho intramolecular Hbond substituents is 1. The lowest BCUT2D eigenvalue weighted by molar-refractivity contribution is 0.468. The van der Waals surface area contributed by atoms with E-state index in [0.29, 0.717) is 12.2 Å². The van der Waals surface area contributed by atoms with E-state index in [1.54, 1.807) is 6.07 Å². The van der Waals surface area contributed by atoms with Crippen molar-refractivity contribution < 1.29 is 5.11 Å². The molecule has 0 atom stereocenters. The molecule has 1 N–H and O–H groups in total. The summed E-state index contributed by atoms with van der Waals surface area (Å²) < 4.78 is 0. The molecule has 0 saturated heterocycles. The number of phenols is 1. The normalized spacial score (nSPS) is 9.62. The molecule has 0 radical (unpaired) electrons. The SMILES string of the molecule is CCc1cc(CC#N)c(C)cc1O. The molecule has 0 saturated carbocycles. The highest BCUT2D eigenvalue weighted by Gasteiger charge is 2.04. The third-order valence-electron chi connectivity index (χ3n) is 2.19. The van der Waals surface area contributed by atoms with Crippen molar-refractivity contribution in [3.63, 3.8) is 0 Å². The van der Waals surface area contributed by atoms with Gasteiger partial charge < -0.3 is 5.11 Å². The van der Waals surface area contributed by atoms with E-state index in [4.69, 9.17) is 5.26 Å². The molecule has 1 rings (SSSR count). The highest BCUT2D eigenvalue weighted by Crippen LogP contribution is 2.22. The van der Waals surface area contributed by atoms with E-state index in [2.05, 4.69) is 6.07 Å². The number of hydrogen-bond acceptors (Lipinski definition) is 2. The van der Waals surface area contributed by atoms with E-state index in [1.807, 2.05) is 19.9 Å². The molecule has 13 heavy (non-hydrogen) atoms. The number of aryl methyl sites for hydroxylation is 2. The van der Waals surface area contributed by atoms with Crippen molar-refractivity contribution in [3.8, 4) is 11.8 Å². The van der Waals surface area contributed by atoms with Crippen LogP contribution in [0.5, 0.6) is 5.75 Å². The van der Waals surface area contributed by atoms with Crippen LogP contribution in [-0.2, 0) is 12.8 Å². The van der Waals surface area contributed by atoms with Crippen LogP contribution in [0.4, 0.5) is 0 Å². The molecule has 1 aromatic rings. The van der Waals surface area contributed by atoms with Crippen molar-refractivity contribution in [1.82, 2.24) is 0 Å². The first-order valence-corrected chi connectivity index (χ1v) is 4.37. The second kappa shape index (κ2) is 3.95. The zero-order valence-corrected chi connectivity index (χ0v) is 7.96. The Balaban J connectivity index is 3.16. The molecule has 0 amide bonds. The lowest BCUT2D eigenvalue weighted by Crippen LogP contribution is -1.91. The minimum absolute atomic E-state index is 0.335. The standard InChI is InChI=1S/C11H13NO/c1-3-9-7-10(4-5-12)8(2)6-11(9)13/h6-7,13H,3-4H2,1-2H3. The summed E-state index contributed by atoms with van der Waals surface area (Å²) in [5.41, 5.74) is 2.91. The minimum Gasteiger partial charge on any atom is -0.508 e. The Morgan fingerprint density at radius 1 is 1.38 bits per heavy atom. The van der Waals surface area contributed by atoms with Crippen molar-refractivity contribution in [2.45, 2.75) is 26.7 Å². The van der Waals surface area contributed by atoms with Gasteiger partial charge >= 0.3 is 0 Å². The van der Waals surface area contributed by atoms with Crippen LogP contribution in [0.2, 0.25) is 0 Å². The maximum absolute atomic E-state index is 9.50. The molecule has 1 aromatic carbocycles. The topological polar surface area (TPSA) is 44.0 Å². The summed E-state index contributed by atoms with van der Waals surface area (Å²) in [6, 6.07) is 5.75. The Kier molecular flexibility index (Phi) is 2.92. The molecule has 0 heterocycles. The Morgan fingerprint density at radius 3 is 2.62 bits per heavy atom. The number of aromatic hydroxyl groups is 1. The van der Waals surface area contributed by atoms with Gasteiger partial charge in [-0.1, -0.05) is 13.0 Å². The summed E-state index contributed by atoms with van der Waals surface area (Å²) in [7, 11) is 0. The summed E-state index contributed by atoms with van der Waals surface area (Å²) in [5, 5.41) is 18.1. The minimum atomic E-state index is 0.335. The van der Waals surface area contributed by atoms with Gasteiger partial charge in [-0.2, -0.15) is 5.26 Å². The largest absolute Gasteiger partial charge is 0.508 e. The molecule has 0 bridgehead atoms. The van der Waals surface area contributed by atoms with Gasteiger partial charge in [-0.05, 0) is 36.1 Å². The molecule has 0 spiro atoms. The van der Waals surface area contributed by atoms with Gasteiger partial charge in [0.05, 0.1) is 12.5 Å². The van der Waals surface area contributed by atoms with Crippen LogP contribution in [0.25, 0.3) is 0 Å². The van der Waals surface area contributed by atoms with Crippen LogP contribution in [-0.4, -0.2) is 5.11 Å². The Labute approximate surface area is 78.4 Å². The second-order valence-corrected chi connectivity index (χ2v) is 3.10. The molecule has 0 aliphatic carbocycles. The predicted octanol–water partition coefficient (Wildman–Crippen LogP) is 2.33. The van der Waals surface area contributed by atoms with Crippen LogP contribution >= 0.6 is 0 Å². The Hall–Kier alpha value is -1.49. The van der Waals surface area contributed by atoms with Gasteiger partial charge in [-0.3, -0.25) is 0 Å². The van der Waals surface area contributed by atoms with Gasteiger partial charge in [0.15, 0.2) is 0 Å². The molecule has 2 heteroatoms. The van der Waals surface area contributed by atoms with Crippen LogP contribution in [0.15, 0.2) is 12.1 Å². The van der Waals surface area contributed by atoms with E-state index in [9.17, 15) is 5.11 Å². The van der Waals surface area contributed by atoms with Gasteiger partial charge in [0.25, 0.3) is 0 Å². The van der Waals surface area contributed by atoms with Crippen molar-refractivity contribution in [1.29, 1.82) is 5.26 Å². The van der Waals surface area contributed by atoms with Gasteiger partial charge in [0, 0.05) is 0 Å². The van der Waals surface area contributed by atoms with Crippen molar-refractivity contribution in [3.05, 3.63) is 28.8 Å². The summed E-state index contributed by atoms with van der Waals surface area (Å²) in [4.78, 5) is 0. The van der Waals surface area contributed by atoms with Crippen molar-refractivity contribution in [2.24, 2.45) is 0 Å². The third-order valence-corrected chi connectivity index (χ3v) is 2.19. The van der Waals surface area contributed by atoms with Crippen molar-refractivity contribution in [2.75, 3.05) is 0 Å². The fourth-order valence-electron chi connectivity index (χ4n) is 1.35. The Morgan fingerprint density at radius 2 is 2.08 bits per heavy atom. The lowest BCUT2D eigenvalue weighted by Gasteiger charge is -2.07. The maximum atomic E-state index is 9.50. The summed E-state index contributed by atoms with van der Waals surface area (Å²) in [6.45, 7) is 3.90. The van der Waals surface area contributed by atoms with Gasteiger partial charge in [-0.15, -0.1) is 0 Å². The first-order valence-electron chi connectivity index (χ1n) is 4.37. The average Bonchev–Trinajstić information content (AvgIpc) is 2.10. The van der Waals surface area contributed by atoms with Crippen LogP contribution in [0.1, 0.15) is 23.6 Å². The maximum Gasteiger partial charge on any atom is 0.119 e. The molecule has 0 aliphatic heterocycles. The number of hydrogen-bond donors (Lipinski definition) is 1. The van der Waals surface area contributed by atoms with Gasteiger partial charge in [0.1, 0.15) is 5.75 Å². The predicted molar refractivity (Wildman–Crippen MR) is 51.5 cm³/mol. The highest BCUT2D eigenvalue weighted by molar-refractivity contribution is 5.42. The number of nitrogens with zero attached hydrogens (tertiary/aromatic N) is 1. The van der Waals surface area contributed by atoms with Gasteiger partial charge in [0.2, 0.25) is 0 Å². The molecular formula is C11H13NO.